The fourth-order valence-electron chi connectivity index (χ4n) is 2.42. The summed E-state index contributed by atoms with van der Waals surface area (Å²) in [6, 6.07) is 12.7. The first kappa shape index (κ1) is 19.1. The Morgan fingerprint density at radius 3 is 2.56 bits per heavy atom. The number of hydrogen-bond donors (Lipinski definition) is 2. The van der Waals surface area contributed by atoms with Crippen molar-refractivity contribution in [2.45, 2.75) is 25.3 Å². The van der Waals surface area contributed by atoms with Crippen LogP contribution in [-0.2, 0) is 4.79 Å². The van der Waals surface area contributed by atoms with Gasteiger partial charge >= 0.3 is 0 Å². The summed E-state index contributed by atoms with van der Waals surface area (Å²) in [5.41, 5.74) is 1.17. The van der Waals surface area contributed by atoms with Crippen LogP contribution in [0.25, 0.3) is 0 Å². The van der Waals surface area contributed by atoms with E-state index in [1.807, 2.05) is 36.6 Å². The van der Waals surface area contributed by atoms with Crippen LogP contribution in [0.15, 0.2) is 53.1 Å². The van der Waals surface area contributed by atoms with Gasteiger partial charge < -0.3 is 15.1 Å². The monoisotopic (exact) mass is 360 g/mol. The highest BCUT2D eigenvalue weighted by Crippen LogP contribution is 2.13. The molecule has 2 aromatic rings. The largest absolute Gasteiger partial charge is 0.459 e. The van der Waals surface area contributed by atoms with E-state index in [0.717, 1.165) is 5.75 Å². The summed E-state index contributed by atoms with van der Waals surface area (Å²) in [4.78, 5) is 24.7. The molecular weight excluding hydrogens is 336 g/mol. The first-order chi connectivity index (χ1) is 12.1. The number of furan rings is 1. The van der Waals surface area contributed by atoms with Crippen molar-refractivity contribution < 1.29 is 14.0 Å². The van der Waals surface area contributed by atoms with Crippen LogP contribution in [0.1, 0.15) is 35.4 Å². The molecule has 2 rings (SSSR count). The van der Waals surface area contributed by atoms with Crippen LogP contribution in [0, 0.1) is 0 Å². The molecule has 0 aliphatic heterocycles. The van der Waals surface area contributed by atoms with Crippen LogP contribution in [0.3, 0.4) is 0 Å². The summed E-state index contributed by atoms with van der Waals surface area (Å²) in [6.45, 7) is 2.59. The first-order valence-corrected chi connectivity index (χ1v) is 9.67. The molecule has 1 aromatic heterocycles. The third-order valence-electron chi connectivity index (χ3n) is 3.93. The van der Waals surface area contributed by atoms with Crippen molar-refractivity contribution in [1.82, 2.24) is 10.6 Å². The Balaban J connectivity index is 1.92. The van der Waals surface area contributed by atoms with Crippen LogP contribution in [0.4, 0.5) is 0 Å². The quantitative estimate of drug-likeness (QED) is 0.721. The molecule has 0 bridgehead atoms. The predicted octanol–water partition coefficient (Wildman–Crippen LogP) is 3.05. The average Bonchev–Trinajstić information content (AvgIpc) is 3.18. The molecule has 0 saturated heterocycles. The van der Waals surface area contributed by atoms with E-state index in [-0.39, 0.29) is 23.5 Å². The third-order valence-corrected chi connectivity index (χ3v) is 4.57. The van der Waals surface area contributed by atoms with Crippen LogP contribution >= 0.6 is 11.8 Å². The molecule has 0 aliphatic rings. The Morgan fingerprint density at radius 1 is 1.16 bits per heavy atom. The molecule has 1 heterocycles. The van der Waals surface area contributed by atoms with Crippen LogP contribution in [-0.4, -0.2) is 36.4 Å². The standard InChI is InChI=1S/C19H24N2O3S/c1-14(15-7-4-3-5-8-15)13-20-18(22)16(10-12-25-2)21-19(23)17-9-6-11-24-17/h3-9,11,14,16H,10,12-13H2,1-2H3,(H,20,22)(H,21,23)/t14-,16-/m0/s1. The van der Waals surface area contributed by atoms with Crippen molar-refractivity contribution in [3.8, 4) is 0 Å². The predicted molar refractivity (Wildman–Crippen MR) is 101 cm³/mol. The number of nitrogens with one attached hydrogen (secondary N) is 2. The molecule has 6 heteroatoms. The van der Waals surface area contributed by atoms with Gasteiger partial charge in [0.05, 0.1) is 6.26 Å². The lowest BCUT2D eigenvalue weighted by Gasteiger charge is -2.19. The molecule has 0 radical (unpaired) electrons. The summed E-state index contributed by atoms with van der Waals surface area (Å²) >= 11 is 1.64. The summed E-state index contributed by atoms with van der Waals surface area (Å²) in [6.07, 6.45) is 3.98. The van der Waals surface area contributed by atoms with E-state index in [2.05, 4.69) is 17.6 Å². The Hall–Kier alpha value is -2.21. The normalized spacial score (nSPS) is 13.0. The van der Waals surface area contributed by atoms with E-state index in [1.165, 1.54) is 11.8 Å². The smallest absolute Gasteiger partial charge is 0.287 e. The van der Waals surface area contributed by atoms with Crippen molar-refractivity contribution in [1.29, 1.82) is 0 Å². The molecule has 0 spiro atoms. The lowest BCUT2D eigenvalue weighted by molar-refractivity contribution is -0.123. The zero-order valence-corrected chi connectivity index (χ0v) is 15.3. The molecular formula is C19H24N2O3S. The van der Waals surface area contributed by atoms with Gasteiger partial charge in [-0.1, -0.05) is 37.3 Å². The molecule has 134 valence electrons. The summed E-state index contributed by atoms with van der Waals surface area (Å²) in [5, 5.41) is 5.71. The van der Waals surface area contributed by atoms with Crippen molar-refractivity contribution >= 4 is 23.6 Å². The van der Waals surface area contributed by atoms with Crippen molar-refractivity contribution in [3.05, 3.63) is 60.1 Å². The molecule has 0 aliphatic carbocycles. The van der Waals surface area contributed by atoms with E-state index in [4.69, 9.17) is 4.42 Å². The minimum atomic E-state index is -0.576. The highest BCUT2D eigenvalue weighted by molar-refractivity contribution is 7.98. The number of amides is 2. The van der Waals surface area contributed by atoms with Crippen LogP contribution in [0.5, 0.6) is 0 Å². The Bertz CT molecular complexity index is 659. The number of benzene rings is 1. The van der Waals surface area contributed by atoms with Gasteiger partial charge in [-0.05, 0) is 42.0 Å². The van der Waals surface area contributed by atoms with Gasteiger partial charge in [0.2, 0.25) is 5.91 Å². The second-order valence-electron chi connectivity index (χ2n) is 5.84. The van der Waals surface area contributed by atoms with Crippen LogP contribution in [0.2, 0.25) is 0 Å². The van der Waals surface area contributed by atoms with E-state index < -0.39 is 6.04 Å². The Morgan fingerprint density at radius 2 is 1.92 bits per heavy atom. The van der Waals surface area contributed by atoms with Gasteiger partial charge in [0.1, 0.15) is 6.04 Å². The molecule has 2 atom stereocenters. The zero-order valence-electron chi connectivity index (χ0n) is 14.5. The highest BCUT2D eigenvalue weighted by atomic mass is 32.2. The number of carbonyl (C=O) groups is 2. The van der Waals surface area contributed by atoms with Crippen molar-refractivity contribution in [2.75, 3.05) is 18.6 Å². The van der Waals surface area contributed by atoms with Gasteiger partial charge in [-0.3, -0.25) is 9.59 Å². The average molecular weight is 360 g/mol. The van der Waals surface area contributed by atoms with E-state index in [9.17, 15) is 9.59 Å². The minimum Gasteiger partial charge on any atom is -0.459 e. The maximum absolute atomic E-state index is 12.5. The minimum absolute atomic E-state index is 0.170. The maximum Gasteiger partial charge on any atom is 0.287 e. The number of hydrogen-bond acceptors (Lipinski definition) is 4. The van der Waals surface area contributed by atoms with Gasteiger partial charge in [0.25, 0.3) is 5.91 Å². The lowest BCUT2D eigenvalue weighted by Crippen LogP contribution is -2.47. The molecule has 2 N–H and O–H groups in total. The second-order valence-corrected chi connectivity index (χ2v) is 6.83. The van der Waals surface area contributed by atoms with E-state index >= 15 is 0 Å². The maximum atomic E-state index is 12.5. The molecule has 25 heavy (non-hydrogen) atoms. The highest BCUT2D eigenvalue weighted by Gasteiger charge is 2.22. The second kappa shape index (κ2) is 9.93. The number of carbonyl (C=O) groups excluding carboxylic acids is 2. The molecule has 2 amide bonds. The fraction of sp³-hybridized carbons (Fsp3) is 0.368. The SMILES string of the molecule is CSCC[C@H](NC(=O)c1ccco1)C(=O)NC[C@H](C)c1ccccc1. The molecule has 5 nitrogen and oxygen atoms in total. The summed E-state index contributed by atoms with van der Waals surface area (Å²) < 4.78 is 5.09. The number of thioether (sulfide) groups is 1. The fourth-order valence-corrected chi connectivity index (χ4v) is 2.89. The Kier molecular flexibility index (Phi) is 7.60. The zero-order chi connectivity index (χ0) is 18.1. The first-order valence-electron chi connectivity index (χ1n) is 8.27. The van der Waals surface area contributed by atoms with Gasteiger partial charge in [0, 0.05) is 6.54 Å². The number of rotatable bonds is 9. The van der Waals surface area contributed by atoms with Crippen molar-refractivity contribution in [2.24, 2.45) is 0 Å². The lowest BCUT2D eigenvalue weighted by atomic mass is 10.0. The molecule has 0 saturated carbocycles. The molecule has 0 unspecified atom stereocenters. The molecule has 1 aromatic carbocycles. The third kappa shape index (κ3) is 5.98. The summed E-state index contributed by atoms with van der Waals surface area (Å²) in [7, 11) is 0. The van der Waals surface area contributed by atoms with Gasteiger partial charge in [-0.2, -0.15) is 11.8 Å². The van der Waals surface area contributed by atoms with Gasteiger partial charge in [-0.25, -0.2) is 0 Å². The Labute approximate surface area is 152 Å². The van der Waals surface area contributed by atoms with Gasteiger partial charge in [-0.15, -0.1) is 0 Å². The molecule has 0 fully saturated rings. The van der Waals surface area contributed by atoms with Gasteiger partial charge in [0.15, 0.2) is 5.76 Å². The van der Waals surface area contributed by atoms with E-state index in [0.29, 0.717) is 13.0 Å². The van der Waals surface area contributed by atoms with Crippen molar-refractivity contribution in [3.63, 3.8) is 0 Å². The van der Waals surface area contributed by atoms with Crippen LogP contribution < -0.4 is 10.6 Å². The van der Waals surface area contributed by atoms with E-state index in [1.54, 1.807) is 23.9 Å². The topological polar surface area (TPSA) is 71.3 Å². The summed E-state index contributed by atoms with van der Waals surface area (Å²) in [5.74, 6) is 0.649.